The number of primary amides is 1. The summed E-state index contributed by atoms with van der Waals surface area (Å²) in [5.41, 5.74) is 12.8. The van der Waals surface area contributed by atoms with Gasteiger partial charge in [0.1, 0.15) is 12.1 Å². The number of nitrogens with two attached hydrogens (primary N) is 2. The predicted molar refractivity (Wildman–Crippen MR) is 150 cm³/mol. The summed E-state index contributed by atoms with van der Waals surface area (Å²) in [7, 11) is -3.95. The highest BCUT2D eigenvalue weighted by molar-refractivity contribution is 7.88. The van der Waals surface area contributed by atoms with Gasteiger partial charge in [-0.3, -0.25) is 15.0 Å². The third-order valence-electron chi connectivity index (χ3n) is 7.71. The molecule has 0 bridgehead atoms. The van der Waals surface area contributed by atoms with Crippen molar-refractivity contribution in [2.75, 3.05) is 26.2 Å². The molecule has 0 saturated carbocycles. The largest absolute Gasteiger partial charge is 0.370 e. The fraction of sp³-hybridized carbons (Fsp3) is 0.464. The third-order valence-corrected chi connectivity index (χ3v) is 9.53. The van der Waals surface area contributed by atoms with Gasteiger partial charge in [0.2, 0.25) is 21.8 Å². The van der Waals surface area contributed by atoms with Crippen LogP contribution in [0.1, 0.15) is 36.8 Å². The van der Waals surface area contributed by atoms with Gasteiger partial charge in [-0.2, -0.15) is 4.31 Å². The van der Waals surface area contributed by atoms with Crippen molar-refractivity contribution in [2.24, 2.45) is 17.4 Å². The number of rotatable bonds is 10. The first kappa shape index (κ1) is 28.6. The highest BCUT2D eigenvalue weighted by Gasteiger charge is 2.42. The van der Waals surface area contributed by atoms with Crippen molar-refractivity contribution in [3.63, 3.8) is 0 Å². The van der Waals surface area contributed by atoms with Crippen LogP contribution in [-0.4, -0.2) is 78.6 Å². The van der Waals surface area contributed by atoms with Gasteiger partial charge >= 0.3 is 0 Å². The van der Waals surface area contributed by atoms with E-state index < -0.39 is 33.9 Å². The molecule has 0 aromatic heterocycles. The van der Waals surface area contributed by atoms with Gasteiger partial charge < -0.3 is 21.3 Å². The zero-order valence-corrected chi connectivity index (χ0v) is 22.9. The van der Waals surface area contributed by atoms with Gasteiger partial charge in [0.05, 0.1) is 5.75 Å². The molecule has 0 aliphatic carbocycles. The zero-order chi connectivity index (χ0) is 28.0. The lowest BCUT2D eigenvalue weighted by Gasteiger charge is -2.38. The first-order valence-corrected chi connectivity index (χ1v) is 15.0. The van der Waals surface area contributed by atoms with Gasteiger partial charge in [0.15, 0.2) is 5.96 Å². The van der Waals surface area contributed by atoms with Crippen LogP contribution in [0.25, 0.3) is 0 Å². The van der Waals surface area contributed by atoms with Crippen molar-refractivity contribution in [1.82, 2.24) is 14.1 Å². The number of nitrogens with zero attached hydrogens (tertiary/aromatic N) is 3. The van der Waals surface area contributed by atoms with Crippen LogP contribution < -0.4 is 11.5 Å². The van der Waals surface area contributed by atoms with Gasteiger partial charge in [-0.1, -0.05) is 60.7 Å². The molecular formula is C28H38N6O4S. The molecule has 2 aliphatic rings. The second-order valence-corrected chi connectivity index (χ2v) is 12.3. The Morgan fingerprint density at radius 1 is 0.923 bits per heavy atom. The number of piperidine rings is 1. The molecule has 10 nitrogen and oxygen atoms in total. The van der Waals surface area contributed by atoms with Crippen molar-refractivity contribution in [1.29, 1.82) is 5.41 Å². The molecule has 2 aromatic rings. The van der Waals surface area contributed by atoms with Crippen LogP contribution in [0, 0.1) is 11.3 Å². The van der Waals surface area contributed by atoms with Crippen molar-refractivity contribution in [3.05, 3.63) is 71.8 Å². The number of carbonyl (C=O) groups excluding carboxylic acids is 2. The SMILES string of the molecule is N=C(N)N1CCC(CN([C@H](Cc2ccccc2)C(=O)N2CCC[C@H]2C(N)=O)S(=O)(=O)Cc2ccccc2)CC1. The van der Waals surface area contributed by atoms with Gasteiger partial charge in [-0.05, 0) is 49.1 Å². The van der Waals surface area contributed by atoms with Crippen LogP contribution in [0.4, 0.5) is 0 Å². The maximum absolute atomic E-state index is 14.1. The fourth-order valence-electron chi connectivity index (χ4n) is 5.58. The molecule has 2 atom stereocenters. The van der Waals surface area contributed by atoms with E-state index >= 15 is 0 Å². The second-order valence-electron chi connectivity index (χ2n) is 10.4. The zero-order valence-electron chi connectivity index (χ0n) is 22.1. The number of guanidine groups is 1. The Labute approximate surface area is 230 Å². The van der Waals surface area contributed by atoms with E-state index in [1.54, 1.807) is 29.2 Å². The molecule has 2 aromatic carbocycles. The molecule has 2 fully saturated rings. The first-order valence-electron chi connectivity index (χ1n) is 13.4. The number of benzene rings is 2. The summed E-state index contributed by atoms with van der Waals surface area (Å²) in [4.78, 5) is 29.6. The lowest BCUT2D eigenvalue weighted by molar-refractivity contribution is -0.140. The Bertz CT molecular complexity index is 1250. The summed E-state index contributed by atoms with van der Waals surface area (Å²) in [6.45, 7) is 1.64. The molecule has 2 amide bonds. The van der Waals surface area contributed by atoms with Crippen LogP contribution in [0.2, 0.25) is 0 Å². The summed E-state index contributed by atoms with van der Waals surface area (Å²) >= 11 is 0. The maximum atomic E-state index is 14.1. The Morgan fingerprint density at radius 3 is 2.08 bits per heavy atom. The number of hydrogen-bond acceptors (Lipinski definition) is 5. The highest BCUT2D eigenvalue weighted by Crippen LogP contribution is 2.27. The summed E-state index contributed by atoms with van der Waals surface area (Å²) < 4.78 is 29.6. The van der Waals surface area contributed by atoms with Crippen LogP contribution in [0.5, 0.6) is 0 Å². The second kappa shape index (κ2) is 12.6. The minimum atomic E-state index is -3.95. The molecule has 0 unspecified atom stereocenters. The van der Waals surface area contributed by atoms with Gasteiger partial charge in [0.25, 0.3) is 0 Å². The molecule has 11 heteroatoms. The van der Waals surface area contributed by atoms with Gasteiger partial charge in [-0.25, -0.2) is 8.42 Å². The van der Waals surface area contributed by atoms with Gasteiger partial charge in [0, 0.05) is 26.2 Å². The topological polar surface area (TPSA) is 154 Å². The van der Waals surface area contributed by atoms with E-state index in [0.29, 0.717) is 50.9 Å². The van der Waals surface area contributed by atoms with E-state index in [9.17, 15) is 18.0 Å². The van der Waals surface area contributed by atoms with Crippen LogP contribution in [0.3, 0.4) is 0 Å². The molecule has 4 rings (SSSR count). The molecule has 2 aliphatic heterocycles. The number of sulfonamides is 1. The summed E-state index contributed by atoms with van der Waals surface area (Å²) in [6, 6.07) is 16.5. The van der Waals surface area contributed by atoms with Crippen molar-refractivity contribution in [2.45, 2.75) is 49.9 Å². The molecule has 2 heterocycles. The van der Waals surface area contributed by atoms with E-state index in [1.165, 1.54) is 9.21 Å². The maximum Gasteiger partial charge on any atom is 0.242 e. The number of nitrogens with one attached hydrogen (secondary N) is 1. The van der Waals surface area contributed by atoms with E-state index in [4.69, 9.17) is 16.9 Å². The Balaban J connectivity index is 1.70. The number of carbonyl (C=O) groups is 2. The normalized spacial score (nSPS) is 19.3. The standard InChI is InChI=1S/C28H38N6O4S/c29-26(35)24-12-7-15-33(24)27(36)25(18-21-8-3-1-4-9-21)34(19-22-13-16-32(17-14-22)28(30)31)39(37,38)20-23-10-5-2-6-11-23/h1-6,8-11,22,24-25H,7,12-20H2,(H2,29,35)(H3,30,31)/t24-,25+/m0/s1. The quantitative estimate of drug-likeness (QED) is 0.299. The Kier molecular flexibility index (Phi) is 9.24. The van der Waals surface area contributed by atoms with Crippen LogP contribution >= 0.6 is 0 Å². The van der Waals surface area contributed by atoms with E-state index in [-0.39, 0.29) is 30.6 Å². The predicted octanol–water partition coefficient (Wildman–Crippen LogP) is 1.51. The number of likely N-dealkylation sites (tertiary alicyclic amines) is 2. The molecule has 5 N–H and O–H groups in total. The summed E-state index contributed by atoms with van der Waals surface area (Å²) in [5, 5.41) is 7.73. The van der Waals surface area contributed by atoms with Crippen molar-refractivity contribution < 1.29 is 18.0 Å². The average molecular weight is 555 g/mol. The average Bonchev–Trinajstić information content (AvgIpc) is 3.42. The fourth-order valence-corrected chi connectivity index (χ4v) is 7.35. The first-order chi connectivity index (χ1) is 18.7. The minimum Gasteiger partial charge on any atom is -0.370 e. The molecular weight excluding hydrogens is 516 g/mol. The lowest BCUT2D eigenvalue weighted by atomic mass is 9.95. The molecule has 210 valence electrons. The van der Waals surface area contributed by atoms with E-state index in [1.807, 2.05) is 36.4 Å². The Morgan fingerprint density at radius 2 is 1.51 bits per heavy atom. The number of amides is 2. The molecule has 39 heavy (non-hydrogen) atoms. The number of hydrogen-bond donors (Lipinski definition) is 3. The lowest BCUT2D eigenvalue weighted by Crippen LogP contribution is -2.56. The van der Waals surface area contributed by atoms with Crippen LogP contribution in [0.15, 0.2) is 60.7 Å². The monoisotopic (exact) mass is 554 g/mol. The minimum absolute atomic E-state index is 0.00524. The summed E-state index contributed by atoms with van der Waals surface area (Å²) in [5.74, 6) is -1.21. The Hall–Kier alpha value is -3.44. The van der Waals surface area contributed by atoms with Crippen molar-refractivity contribution >= 4 is 27.8 Å². The van der Waals surface area contributed by atoms with Gasteiger partial charge in [-0.15, -0.1) is 0 Å². The third kappa shape index (κ3) is 7.15. The molecule has 0 radical (unpaired) electrons. The molecule has 2 saturated heterocycles. The van der Waals surface area contributed by atoms with Crippen LogP contribution in [-0.2, 0) is 31.8 Å². The van der Waals surface area contributed by atoms with E-state index in [0.717, 1.165) is 5.56 Å². The van der Waals surface area contributed by atoms with Crippen molar-refractivity contribution in [3.8, 4) is 0 Å². The molecule has 0 spiro atoms. The highest BCUT2D eigenvalue weighted by atomic mass is 32.2. The summed E-state index contributed by atoms with van der Waals surface area (Å²) in [6.07, 6.45) is 2.59. The smallest absolute Gasteiger partial charge is 0.242 e. The van der Waals surface area contributed by atoms with E-state index in [2.05, 4.69) is 0 Å².